The van der Waals surface area contributed by atoms with E-state index in [1.807, 2.05) is 12.3 Å². The Kier molecular flexibility index (Phi) is 6.29. The third-order valence-corrected chi connectivity index (χ3v) is 3.89. The zero-order chi connectivity index (χ0) is 14.4. The van der Waals surface area contributed by atoms with Crippen LogP contribution in [-0.2, 0) is 0 Å². The summed E-state index contributed by atoms with van der Waals surface area (Å²) in [5.74, 6) is 1.71. The Balaban J connectivity index is 2.94. The molecule has 1 heterocycles. The molecule has 0 bridgehead atoms. The second-order valence-electron chi connectivity index (χ2n) is 5.69. The average molecular weight is 263 g/mol. The average Bonchev–Trinajstić information content (AvgIpc) is 2.42. The van der Waals surface area contributed by atoms with E-state index >= 15 is 0 Å². The number of pyridine rings is 1. The predicted octanol–water partition coefficient (Wildman–Crippen LogP) is 3.62. The van der Waals surface area contributed by atoms with E-state index in [1.165, 1.54) is 5.56 Å². The van der Waals surface area contributed by atoms with Gasteiger partial charge in [-0.05, 0) is 38.8 Å². The fourth-order valence-electron chi connectivity index (χ4n) is 2.15. The molecule has 0 amide bonds. The molecule has 0 aliphatic rings. The van der Waals surface area contributed by atoms with Crippen LogP contribution < -0.4 is 10.2 Å². The van der Waals surface area contributed by atoms with Crippen molar-refractivity contribution in [1.29, 1.82) is 0 Å². The SMILES string of the molecule is CCCNC(C)c1cccnc1N(C)C(C)C(C)C. The van der Waals surface area contributed by atoms with Crippen molar-refractivity contribution < 1.29 is 0 Å². The molecule has 1 aromatic rings. The molecule has 0 aromatic carbocycles. The predicted molar refractivity (Wildman–Crippen MR) is 83.6 cm³/mol. The van der Waals surface area contributed by atoms with Crippen molar-refractivity contribution in [3.63, 3.8) is 0 Å². The van der Waals surface area contributed by atoms with Crippen LogP contribution in [0.25, 0.3) is 0 Å². The minimum absolute atomic E-state index is 0.338. The van der Waals surface area contributed by atoms with Gasteiger partial charge < -0.3 is 10.2 Å². The number of nitrogens with one attached hydrogen (secondary N) is 1. The van der Waals surface area contributed by atoms with Gasteiger partial charge in [0.15, 0.2) is 0 Å². The molecule has 1 rings (SSSR count). The summed E-state index contributed by atoms with van der Waals surface area (Å²) in [5, 5.41) is 3.55. The molecular formula is C16H29N3. The van der Waals surface area contributed by atoms with Crippen LogP contribution in [-0.4, -0.2) is 24.6 Å². The fraction of sp³-hybridized carbons (Fsp3) is 0.688. The van der Waals surface area contributed by atoms with E-state index < -0.39 is 0 Å². The molecule has 1 aromatic heterocycles. The number of hydrogen-bond acceptors (Lipinski definition) is 3. The van der Waals surface area contributed by atoms with E-state index in [-0.39, 0.29) is 0 Å². The second kappa shape index (κ2) is 7.49. The highest BCUT2D eigenvalue weighted by Gasteiger charge is 2.19. The zero-order valence-electron chi connectivity index (χ0n) is 13.3. The topological polar surface area (TPSA) is 28.2 Å². The molecule has 0 saturated heterocycles. The molecule has 3 heteroatoms. The van der Waals surface area contributed by atoms with Gasteiger partial charge in [0, 0.05) is 30.9 Å². The Morgan fingerprint density at radius 3 is 2.53 bits per heavy atom. The summed E-state index contributed by atoms with van der Waals surface area (Å²) in [5.41, 5.74) is 1.28. The minimum atomic E-state index is 0.338. The van der Waals surface area contributed by atoms with Crippen LogP contribution in [0.5, 0.6) is 0 Å². The molecular weight excluding hydrogens is 234 g/mol. The van der Waals surface area contributed by atoms with Crippen LogP contribution in [0.2, 0.25) is 0 Å². The molecule has 1 N–H and O–H groups in total. The lowest BCUT2D eigenvalue weighted by Gasteiger charge is -2.31. The second-order valence-corrected chi connectivity index (χ2v) is 5.69. The molecule has 0 aliphatic heterocycles. The summed E-state index contributed by atoms with van der Waals surface area (Å²) >= 11 is 0. The van der Waals surface area contributed by atoms with Gasteiger partial charge in [0.25, 0.3) is 0 Å². The van der Waals surface area contributed by atoms with Crippen molar-refractivity contribution in [2.75, 3.05) is 18.5 Å². The summed E-state index contributed by atoms with van der Waals surface area (Å²) in [6, 6.07) is 5.02. The molecule has 2 atom stereocenters. The molecule has 0 fully saturated rings. The molecule has 0 radical (unpaired) electrons. The smallest absolute Gasteiger partial charge is 0.133 e. The lowest BCUT2D eigenvalue weighted by molar-refractivity contribution is 0.497. The van der Waals surface area contributed by atoms with Gasteiger partial charge in [-0.2, -0.15) is 0 Å². The molecule has 0 spiro atoms. The first-order chi connectivity index (χ1) is 8.99. The Labute approximate surface area is 118 Å². The highest BCUT2D eigenvalue weighted by atomic mass is 15.2. The van der Waals surface area contributed by atoms with Gasteiger partial charge in [-0.1, -0.05) is 26.8 Å². The quantitative estimate of drug-likeness (QED) is 0.814. The summed E-state index contributed by atoms with van der Waals surface area (Å²) < 4.78 is 0. The maximum absolute atomic E-state index is 4.60. The maximum Gasteiger partial charge on any atom is 0.133 e. The van der Waals surface area contributed by atoms with Gasteiger partial charge in [0.1, 0.15) is 5.82 Å². The third kappa shape index (κ3) is 4.20. The standard InChI is InChI=1S/C16H29N3/c1-7-10-17-13(4)15-9-8-11-18-16(15)19(6)14(5)12(2)3/h8-9,11-14,17H,7,10H2,1-6H3. The Morgan fingerprint density at radius 2 is 1.95 bits per heavy atom. The monoisotopic (exact) mass is 263 g/mol. The van der Waals surface area contributed by atoms with Crippen LogP contribution >= 0.6 is 0 Å². The van der Waals surface area contributed by atoms with Crippen LogP contribution in [0, 0.1) is 5.92 Å². The van der Waals surface area contributed by atoms with E-state index in [9.17, 15) is 0 Å². The number of anilines is 1. The van der Waals surface area contributed by atoms with Crippen molar-refractivity contribution in [2.24, 2.45) is 5.92 Å². The van der Waals surface area contributed by atoms with Gasteiger partial charge in [-0.3, -0.25) is 0 Å². The summed E-state index contributed by atoms with van der Waals surface area (Å²) in [6.45, 7) is 12.2. The van der Waals surface area contributed by atoms with Crippen molar-refractivity contribution >= 4 is 5.82 Å². The van der Waals surface area contributed by atoms with Gasteiger partial charge in [0.2, 0.25) is 0 Å². The van der Waals surface area contributed by atoms with Gasteiger partial charge >= 0.3 is 0 Å². The van der Waals surface area contributed by atoms with E-state index in [0.717, 1.165) is 18.8 Å². The number of aromatic nitrogens is 1. The zero-order valence-corrected chi connectivity index (χ0v) is 13.3. The van der Waals surface area contributed by atoms with Crippen LogP contribution in [0.15, 0.2) is 18.3 Å². The van der Waals surface area contributed by atoms with Crippen molar-refractivity contribution in [3.8, 4) is 0 Å². The lowest BCUT2D eigenvalue weighted by atomic mass is 10.0. The largest absolute Gasteiger partial charge is 0.356 e. The first-order valence-electron chi connectivity index (χ1n) is 7.40. The molecule has 0 saturated carbocycles. The maximum atomic E-state index is 4.60. The summed E-state index contributed by atoms with van der Waals surface area (Å²) in [7, 11) is 2.14. The lowest BCUT2D eigenvalue weighted by Crippen LogP contribution is -2.35. The Hall–Kier alpha value is -1.09. The Bertz CT molecular complexity index is 376. The normalized spacial score (nSPS) is 14.5. The molecule has 3 nitrogen and oxygen atoms in total. The first-order valence-corrected chi connectivity index (χ1v) is 7.40. The highest BCUT2D eigenvalue weighted by molar-refractivity contribution is 5.48. The van der Waals surface area contributed by atoms with E-state index in [2.05, 4.69) is 62.9 Å². The highest BCUT2D eigenvalue weighted by Crippen LogP contribution is 2.25. The third-order valence-electron chi connectivity index (χ3n) is 3.89. The van der Waals surface area contributed by atoms with Crippen molar-refractivity contribution in [2.45, 2.75) is 53.1 Å². The summed E-state index contributed by atoms with van der Waals surface area (Å²) in [6.07, 6.45) is 3.03. The minimum Gasteiger partial charge on any atom is -0.356 e. The molecule has 2 unspecified atom stereocenters. The van der Waals surface area contributed by atoms with Crippen molar-refractivity contribution in [1.82, 2.24) is 10.3 Å². The van der Waals surface area contributed by atoms with Crippen LogP contribution in [0.1, 0.15) is 52.6 Å². The van der Waals surface area contributed by atoms with Gasteiger partial charge in [0.05, 0.1) is 0 Å². The van der Waals surface area contributed by atoms with Crippen LogP contribution in [0.3, 0.4) is 0 Å². The Morgan fingerprint density at radius 1 is 1.26 bits per heavy atom. The van der Waals surface area contributed by atoms with E-state index in [1.54, 1.807) is 0 Å². The van der Waals surface area contributed by atoms with Crippen LogP contribution in [0.4, 0.5) is 5.82 Å². The fourth-order valence-corrected chi connectivity index (χ4v) is 2.15. The number of rotatable bonds is 7. The molecule has 108 valence electrons. The van der Waals surface area contributed by atoms with Crippen molar-refractivity contribution in [3.05, 3.63) is 23.9 Å². The number of hydrogen-bond donors (Lipinski definition) is 1. The molecule has 0 aliphatic carbocycles. The van der Waals surface area contributed by atoms with E-state index in [0.29, 0.717) is 18.0 Å². The van der Waals surface area contributed by atoms with Gasteiger partial charge in [-0.25, -0.2) is 4.98 Å². The number of nitrogens with zero attached hydrogens (tertiary/aromatic N) is 2. The van der Waals surface area contributed by atoms with E-state index in [4.69, 9.17) is 0 Å². The van der Waals surface area contributed by atoms with Gasteiger partial charge in [-0.15, -0.1) is 0 Å². The molecule has 19 heavy (non-hydrogen) atoms. The summed E-state index contributed by atoms with van der Waals surface area (Å²) in [4.78, 5) is 6.89. The first kappa shape index (κ1) is 16.0.